The van der Waals surface area contributed by atoms with Crippen molar-refractivity contribution < 1.29 is 22.7 Å². The predicted octanol–water partition coefficient (Wildman–Crippen LogP) is 4.43. The number of amides is 2. The van der Waals surface area contributed by atoms with Crippen LogP contribution in [0, 0.1) is 0 Å². The van der Waals surface area contributed by atoms with E-state index in [2.05, 4.69) is 20.8 Å². The molecule has 27 heavy (non-hydrogen) atoms. The molecule has 3 rings (SSSR count). The second-order valence-electron chi connectivity index (χ2n) is 5.95. The molecule has 2 amide bonds. The molecule has 0 unspecified atom stereocenters. The Bertz CT molecular complexity index is 809. The predicted molar refractivity (Wildman–Crippen MR) is 95.0 cm³/mol. The van der Waals surface area contributed by atoms with Crippen molar-refractivity contribution in [2.24, 2.45) is 0 Å². The Balaban J connectivity index is 1.55. The van der Waals surface area contributed by atoms with Crippen LogP contribution in [0.3, 0.4) is 0 Å². The Labute approximate surface area is 162 Å². The van der Waals surface area contributed by atoms with Gasteiger partial charge in [0.15, 0.2) is 0 Å². The molecule has 1 aliphatic rings. The number of carbonyl (C=O) groups excluding carboxylic acids is 1. The maximum absolute atomic E-state index is 12.9. The lowest BCUT2D eigenvalue weighted by molar-refractivity contribution is -0.137. The van der Waals surface area contributed by atoms with E-state index < -0.39 is 17.8 Å². The Morgan fingerprint density at radius 2 is 2.04 bits per heavy atom. The van der Waals surface area contributed by atoms with Gasteiger partial charge in [-0.2, -0.15) is 13.2 Å². The van der Waals surface area contributed by atoms with Crippen molar-refractivity contribution in [2.75, 3.05) is 18.5 Å². The summed E-state index contributed by atoms with van der Waals surface area (Å²) in [7, 11) is 0. The number of urea groups is 1. The van der Waals surface area contributed by atoms with Gasteiger partial charge in [-0.25, -0.2) is 4.79 Å². The van der Waals surface area contributed by atoms with Crippen molar-refractivity contribution >= 4 is 34.1 Å². The largest absolute Gasteiger partial charge is 0.417 e. The van der Waals surface area contributed by atoms with Gasteiger partial charge in [0.25, 0.3) is 0 Å². The summed E-state index contributed by atoms with van der Waals surface area (Å²) in [4.78, 5) is 12.0. The van der Waals surface area contributed by atoms with E-state index in [1.54, 1.807) is 0 Å². The smallest absolute Gasteiger partial charge is 0.381 e. The van der Waals surface area contributed by atoms with E-state index in [0.29, 0.717) is 18.3 Å². The van der Waals surface area contributed by atoms with Crippen LogP contribution in [-0.2, 0) is 17.5 Å². The number of hydrogen-bond acceptors (Lipinski definition) is 5. The molecule has 1 aromatic carbocycles. The van der Waals surface area contributed by atoms with Crippen molar-refractivity contribution in [1.82, 2.24) is 15.5 Å². The third kappa shape index (κ3) is 5.30. The first-order chi connectivity index (χ1) is 12.8. The fraction of sp³-hybridized carbons (Fsp3) is 0.438. The monoisotopic (exact) mass is 420 g/mol. The van der Waals surface area contributed by atoms with Crippen molar-refractivity contribution in [3.8, 4) is 0 Å². The number of anilines is 1. The quantitative estimate of drug-likeness (QED) is 0.767. The van der Waals surface area contributed by atoms with Gasteiger partial charge in [-0.3, -0.25) is 5.32 Å². The van der Waals surface area contributed by atoms with E-state index in [9.17, 15) is 18.0 Å². The molecule has 1 aromatic heterocycles. The summed E-state index contributed by atoms with van der Waals surface area (Å²) >= 11 is 6.86. The molecule has 0 spiro atoms. The van der Waals surface area contributed by atoms with E-state index in [1.165, 1.54) is 17.4 Å². The first-order valence-electron chi connectivity index (χ1n) is 8.14. The summed E-state index contributed by atoms with van der Waals surface area (Å²) in [6.07, 6.45) is -2.83. The summed E-state index contributed by atoms with van der Waals surface area (Å²) in [5.41, 5.74) is -0.656. The molecular formula is C16H16ClF3N4O2S. The first kappa shape index (κ1) is 19.8. The van der Waals surface area contributed by atoms with Gasteiger partial charge in [0.05, 0.1) is 10.6 Å². The summed E-state index contributed by atoms with van der Waals surface area (Å²) in [5, 5.41) is 13.8. The van der Waals surface area contributed by atoms with Crippen LogP contribution < -0.4 is 10.6 Å². The van der Waals surface area contributed by atoms with Gasteiger partial charge >= 0.3 is 12.2 Å². The van der Waals surface area contributed by atoms with E-state index >= 15 is 0 Å². The maximum Gasteiger partial charge on any atom is 0.417 e. The van der Waals surface area contributed by atoms with Crippen molar-refractivity contribution in [3.63, 3.8) is 0 Å². The Hall–Kier alpha value is -1.91. The van der Waals surface area contributed by atoms with Gasteiger partial charge in [0, 0.05) is 25.7 Å². The van der Waals surface area contributed by atoms with Crippen molar-refractivity contribution in [2.45, 2.75) is 31.5 Å². The Morgan fingerprint density at radius 3 is 2.74 bits per heavy atom. The highest BCUT2D eigenvalue weighted by molar-refractivity contribution is 7.15. The highest BCUT2D eigenvalue weighted by atomic mass is 35.5. The van der Waals surface area contributed by atoms with Gasteiger partial charge in [-0.1, -0.05) is 29.0 Å². The van der Waals surface area contributed by atoms with Crippen LogP contribution in [0.5, 0.6) is 0 Å². The molecule has 0 bridgehead atoms. The van der Waals surface area contributed by atoms with Crippen molar-refractivity contribution in [3.05, 3.63) is 39.4 Å². The minimum Gasteiger partial charge on any atom is -0.381 e. The highest BCUT2D eigenvalue weighted by Gasteiger charge is 2.33. The van der Waals surface area contributed by atoms with E-state index in [4.69, 9.17) is 16.3 Å². The molecule has 2 aromatic rings. The van der Waals surface area contributed by atoms with E-state index in [0.717, 1.165) is 30.0 Å². The van der Waals surface area contributed by atoms with Crippen molar-refractivity contribution in [1.29, 1.82) is 0 Å². The molecule has 0 atom stereocenters. The minimum atomic E-state index is -4.55. The second-order valence-corrected chi connectivity index (χ2v) is 7.37. The molecule has 1 aliphatic heterocycles. The van der Waals surface area contributed by atoms with Crippen LogP contribution in [-0.4, -0.2) is 29.4 Å². The number of benzene rings is 1. The van der Waals surface area contributed by atoms with Crippen LogP contribution in [0.25, 0.3) is 0 Å². The first-order valence-corrected chi connectivity index (χ1v) is 9.34. The zero-order valence-corrected chi connectivity index (χ0v) is 15.5. The number of halogens is 4. The average molecular weight is 421 g/mol. The molecular weight excluding hydrogens is 405 g/mol. The minimum absolute atomic E-state index is 0.0856. The maximum atomic E-state index is 12.9. The number of rotatable bonds is 4. The molecule has 0 saturated carbocycles. The lowest BCUT2D eigenvalue weighted by Gasteiger charge is -2.18. The summed E-state index contributed by atoms with van der Waals surface area (Å²) < 4.78 is 43.9. The summed E-state index contributed by atoms with van der Waals surface area (Å²) in [6, 6.07) is 2.92. The molecule has 0 aliphatic carbocycles. The lowest BCUT2D eigenvalue weighted by Crippen LogP contribution is -2.28. The normalized spacial score (nSPS) is 15.6. The van der Waals surface area contributed by atoms with Crippen LogP contribution >= 0.6 is 22.9 Å². The Kier molecular flexibility index (Phi) is 6.18. The fourth-order valence-electron chi connectivity index (χ4n) is 2.62. The summed E-state index contributed by atoms with van der Waals surface area (Å²) in [6.45, 7) is 1.26. The lowest BCUT2D eigenvalue weighted by atomic mass is 10.0. The van der Waals surface area contributed by atoms with Crippen LogP contribution in [0.1, 0.15) is 34.9 Å². The molecule has 2 heterocycles. The third-order valence-corrected chi connectivity index (χ3v) is 5.35. The number of alkyl halides is 3. The van der Waals surface area contributed by atoms with Gasteiger partial charge in [0.1, 0.15) is 5.01 Å². The molecule has 1 fully saturated rings. The van der Waals surface area contributed by atoms with Gasteiger partial charge in [-0.05, 0) is 30.5 Å². The second kappa shape index (κ2) is 8.41. The van der Waals surface area contributed by atoms with Crippen LogP contribution in [0.15, 0.2) is 18.2 Å². The Morgan fingerprint density at radius 1 is 1.30 bits per heavy atom. The SMILES string of the molecule is O=C(NCc1ccc(Cl)c(C(F)(F)F)c1)Nc1nnc(C2CCOCC2)s1. The number of aromatic nitrogens is 2. The average Bonchev–Trinajstić information content (AvgIpc) is 3.09. The van der Waals surface area contributed by atoms with E-state index in [1.807, 2.05) is 0 Å². The fourth-order valence-corrected chi connectivity index (χ4v) is 3.75. The van der Waals surface area contributed by atoms with Crippen LogP contribution in [0.4, 0.5) is 23.1 Å². The third-order valence-electron chi connectivity index (χ3n) is 4.02. The molecule has 2 N–H and O–H groups in total. The molecule has 0 radical (unpaired) electrons. The van der Waals surface area contributed by atoms with Gasteiger partial charge in [0.2, 0.25) is 5.13 Å². The van der Waals surface area contributed by atoms with Crippen LogP contribution in [0.2, 0.25) is 5.02 Å². The van der Waals surface area contributed by atoms with Gasteiger partial charge < -0.3 is 10.1 Å². The zero-order chi connectivity index (χ0) is 19.4. The van der Waals surface area contributed by atoms with E-state index in [-0.39, 0.29) is 23.0 Å². The highest BCUT2D eigenvalue weighted by Crippen LogP contribution is 2.35. The van der Waals surface area contributed by atoms with Gasteiger partial charge in [-0.15, -0.1) is 10.2 Å². The number of carbonyl (C=O) groups is 1. The molecule has 6 nitrogen and oxygen atoms in total. The molecule has 11 heteroatoms. The number of ether oxygens (including phenoxy) is 1. The molecule has 1 saturated heterocycles. The number of nitrogens with one attached hydrogen (secondary N) is 2. The standard InChI is InChI=1S/C16H16ClF3N4O2S/c17-12-2-1-9(7-11(12)16(18,19)20)8-21-14(25)22-15-24-23-13(27-15)10-3-5-26-6-4-10/h1-2,7,10H,3-6,8H2,(H2,21,22,24,25). The topological polar surface area (TPSA) is 76.1 Å². The zero-order valence-electron chi connectivity index (χ0n) is 14.0. The summed E-state index contributed by atoms with van der Waals surface area (Å²) in [5.74, 6) is 0.268. The number of nitrogens with zero attached hydrogens (tertiary/aromatic N) is 2. The number of hydrogen-bond donors (Lipinski definition) is 2. The molecule has 146 valence electrons.